The first kappa shape index (κ1) is 9.92. The summed E-state index contributed by atoms with van der Waals surface area (Å²) in [7, 11) is 0. The second kappa shape index (κ2) is 3.86. The minimum absolute atomic E-state index is 0.0792. The van der Waals surface area contributed by atoms with Crippen molar-refractivity contribution in [3.05, 3.63) is 23.5 Å². The van der Waals surface area contributed by atoms with Gasteiger partial charge in [0.05, 0.1) is 6.20 Å². The van der Waals surface area contributed by atoms with Gasteiger partial charge in [-0.1, -0.05) is 18.5 Å². The fraction of sp³-hybridized carbons (Fsp3) is 0.222. The number of hydrogen-bond donors (Lipinski definition) is 1. The highest BCUT2D eigenvalue weighted by atomic mass is 35.5. The second-order valence-electron chi connectivity index (χ2n) is 2.99. The third kappa shape index (κ3) is 2.07. The number of aromatic nitrogens is 3. The fourth-order valence-corrected chi connectivity index (χ4v) is 1.29. The van der Waals surface area contributed by atoms with E-state index in [9.17, 15) is 4.79 Å². The lowest BCUT2D eigenvalue weighted by atomic mass is 10.4. The van der Waals surface area contributed by atoms with E-state index in [1.54, 1.807) is 25.3 Å². The number of nitrogens with zero attached hydrogens (tertiary/aromatic N) is 3. The van der Waals surface area contributed by atoms with E-state index in [2.05, 4.69) is 15.4 Å². The maximum absolute atomic E-state index is 11.1. The number of hydrogen-bond acceptors (Lipinski definition) is 3. The highest BCUT2D eigenvalue weighted by Crippen LogP contribution is 2.11. The predicted molar refractivity (Wildman–Crippen MR) is 56.9 cm³/mol. The van der Waals surface area contributed by atoms with Gasteiger partial charge in [0.15, 0.2) is 11.5 Å². The lowest BCUT2D eigenvalue weighted by molar-refractivity contribution is -0.115. The number of carbonyl (C=O) groups excluding carboxylic acids is 1. The maximum Gasteiger partial charge on any atom is 0.225 e. The molecule has 1 N–H and O–H groups in total. The summed E-state index contributed by atoms with van der Waals surface area (Å²) in [4.78, 5) is 15.3. The molecule has 0 bridgehead atoms. The molecule has 2 rings (SSSR count). The molecule has 6 heteroatoms. The minimum atomic E-state index is -0.0792. The molecule has 15 heavy (non-hydrogen) atoms. The van der Waals surface area contributed by atoms with Crippen LogP contribution in [0.15, 0.2) is 18.3 Å². The number of halogens is 1. The Morgan fingerprint density at radius 1 is 1.60 bits per heavy atom. The van der Waals surface area contributed by atoms with Gasteiger partial charge in [0, 0.05) is 6.42 Å². The predicted octanol–water partition coefficient (Wildman–Crippen LogP) is 1.73. The van der Waals surface area contributed by atoms with Gasteiger partial charge in [-0.25, -0.2) is 9.50 Å². The van der Waals surface area contributed by atoms with E-state index in [0.29, 0.717) is 23.0 Å². The standard InChI is InChI=1S/C9H9ClN4O/c1-2-9(15)12-7-5-14-8(11-7)4-3-6(10)13-14/h3-5H,2H2,1H3,(H,12,15). The van der Waals surface area contributed by atoms with E-state index >= 15 is 0 Å². The number of imidazole rings is 1. The Labute approximate surface area is 91.1 Å². The van der Waals surface area contributed by atoms with Crippen molar-refractivity contribution in [3.63, 3.8) is 0 Å². The lowest BCUT2D eigenvalue weighted by Gasteiger charge is -1.95. The molecule has 2 aromatic heterocycles. The van der Waals surface area contributed by atoms with Crippen LogP contribution in [0, 0.1) is 0 Å². The third-order valence-electron chi connectivity index (χ3n) is 1.88. The van der Waals surface area contributed by atoms with Crippen LogP contribution in [0.2, 0.25) is 5.15 Å². The van der Waals surface area contributed by atoms with Crippen molar-refractivity contribution in [1.29, 1.82) is 0 Å². The molecule has 0 radical (unpaired) electrons. The van der Waals surface area contributed by atoms with Crippen molar-refractivity contribution in [2.24, 2.45) is 0 Å². The minimum Gasteiger partial charge on any atom is -0.309 e. The lowest BCUT2D eigenvalue weighted by Crippen LogP contribution is -2.09. The van der Waals surface area contributed by atoms with Gasteiger partial charge < -0.3 is 5.32 Å². The van der Waals surface area contributed by atoms with Gasteiger partial charge in [-0.05, 0) is 12.1 Å². The van der Waals surface area contributed by atoms with Crippen LogP contribution in [-0.2, 0) is 4.79 Å². The Hall–Kier alpha value is -1.62. The first-order valence-electron chi connectivity index (χ1n) is 4.51. The normalized spacial score (nSPS) is 10.5. The van der Waals surface area contributed by atoms with Gasteiger partial charge in [-0.15, -0.1) is 0 Å². The molecule has 0 saturated carbocycles. The monoisotopic (exact) mass is 224 g/mol. The molecule has 0 aliphatic carbocycles. The van der Waals surface area contributed by atoms with Gasteiger partial charge in [0.2, 0.25) is 5.91 Å². The van der Waals surface area contributed by atoms with Gasteiger partial charge in [-0.3, -0.25) is 4.79 Å². The molecule has 0 saturated heterocycles. The zero-order valence-electron chi connectivity index (χ0n) is 8.07. The Bertz CT molecular complexity index is 508. The SMILES string of the molecule is CCC(=O)Nc1cn2nc(Cl)ccc2n1. The van der Waals surface area contributed by atoms with E-state index in [-0.39, 0.29) is 5.91 Å². The molecule has 0 aliphatic heterocycles. The highest BCUT2D eigenvalue weighted by molar-refractivity contribution is 6.29. The van der Waals surface area contributed by atoms with Crippen LogP contribution >= 0.6 is 11.6 Å². The first-order chi connectivity index (χ1) is 7.19. The van der Waals surface area contributed by atoms with Crippen molar-refractivity contribution in [2.75, 3.05) is 5.32 Å². The summed E-state index contributed by atoms with van der Waals surface area (Å²) in [6, 6.07) is 3.38. The number of anilines is 1. The molecule has 0 fully saturated rings. The molecule has 0 spiro atoms. The second-order valence-corrected chi connectivity index (χ2v) is 3.37. The largest absolute Gasteiger partial charge is 0.309 e. The van der Waals surface area contributed by atoms with Gasteiger partial charge >= 0.3 is 0 Å². The zero-order valence-corrected chi connectivity index (χ0v) is 8.82. The summed E-state index contributed by atoms with van der Waals surface area (Å²) in [6.07, 6.45) is 2.04. The Morgan fingerprint density at radius 2 is 2.40 bits per heavy atom. The zero-order chi connectivity index (χ0) is 10.8. The topological polar surface area (TPSA) is 59.3 Å². The van der Waals surface area contributed by atoms with E-state index in [0.717, 1.165) is 0 Å². The number of fused-ring (bicyclic) bond motifs is 1. The molecule has 0 aromatic carbocycles. The summed E-state index contributed by atoms with van der Waals surface area (Å²) in [5.41, 5.74) is 0.644. The fourth-order valence-electron chi connectivity index (χ4n) is 1.15. The molecule has 1 amide bonds. The van der Waals surface area contributed by atoms with Crippen LogP contribution < -0.4 is 5.32 Å². The molecule has 0 atom stereocenters. The smallest absolute Gasteiger partial charge is 0.225 e. The van der Waals surface area contributed by atoms with E-state index in [4.69, 9.17) is 11.6 Å². The molecule has 2 aromatic rings. The van der Waals surface area contributed by atoms with Crippen LogP contribution in [0.25, 0.3) is 5.65 Å². The number of amides is 1. The molecule has 0 unspecified atom stereocenters. The van der Waals surface area contributed by atoms with E-state index < -0.39 is 0 Å². The summed E-state index contributed by atoms with van der Waals surface area (Å²) in [5.74, 6) is 0.404. The van der Waals surface area contributed by atoms with Crippen molar-refractivity contribution in [1.82, 2.24) is 14.6 Å². The number of rotatable bonds is 2. The van der Waals surface area contributed by atoms with Crippen LogP contribution in [0.4, 0.5) is 5.82 Å². The van der Waals surface area contributed by atoms with Crippen molar-refractivity contribution >= 4 is 29.0 Å². The summed E-state index contributed by atoms with van der Waals surface area (Å²) >= 11 is 5.71. The van der Waals surface area contributed by atoms with E-state index in [1.807, 2.05) is 0 Å². The summed E-state index contributed by atoms with van der Waals surface area (Å²) in [5, 5.41) is 7.03. The highest BCUT2D eigenvalue weighted by Gasteiger charge is 2.05. The Morgan fingerprint density at radius 3 is 3.13 bits per heavy atom. The average Bonchev–Trinajstić information content (AvgIpc) is 2.59. The number of nitrogens with one attached hydrogen (secondary N) is 1. The molecule has 0 aliphatic rings. The van der Waals surface area contributed by atoms with Crippen LogP contribution in [0.3, 0.4) is 0 Å². The van der Waals surface area contributed by atoms with Gasteiger partial charge in [0.25, 0.3) is 0 Å². The van der Waals surface area contributed by atoms with Crippen molar-refractivity contribution < 1.29 is 4.79 Å². The van der Waals surface area contributed by atoms with Gasteiger partial charge in [0.1, 0.15) is 5.15 Å². The first-order valence-corrected chi connectivity index (χ1v) is 4.88. The Kier molecular flexibility index (Phi) is 2.55. The summed E-state index contributed by atoms with van der Waals surface area (Å²) in [6.45, 7) is 1.78. The van der Waals surface area contributed by atoms with E-state index in [1.165, 1.54) is 4.52 Å². The molecule has 78 valence electrons. The molecular formula is C9H9ClN4O. The quantitative estimate of drug-likeness (QED) is 0.845. The van der Waals surface area contributed by atoms with Crippen LogP contribution in [0.1, 0.15) is 13.3 Å². The molecular weight excluding hydrogens is 216 g/mol. The number of carbonyl (C=O) groups is 1. The third-order valence-corrected chi connectivity index (χ3v) is 2.08. The van der Waals surface area contributed by atoms with Crippen molar-refractivity contribution in [3.8, 4) is 0 Å². The molecule has 2 heterocycles. The van der Waals surface area contributed by atoms with Gasteiger partial charge in [-0.2, -0.15) is 5.10 Å². The Balaban J connectivity index is 2.34. The van der Waals surface area contributed by atoms with Crippen LogP contribution in [0.5, 0.6) is 0 Å². The van der Waals surface area contributed by atoms with Crippen LogP contribution in [-0.4, -0.2) is 20.5 Å². The summed E-state index contributed by atoms with van der Waals surface area (Å²) < 4.78 is 1.52. The molecule has 5 nitrogen and oxygen atoms in total. The van der Waals surface area contributed by atoms with Crippen molar-refractivity contribution in [2.45, 2.75) is 13.3 Å². The maximum atomic E-state index is 11.1. The average molecular weight is 225 g/mol.